The van der Waals surface area contributed by atoms with E-state index in [0.29, 0.717) is 5.39 Å². The molecule has 0 saturated carbocycles. The minimum Gasteiger partial charge on any atom is -0.744 e. The van der Waals surface area contributed by atoms with Crippen molar-refractivity contribution >= 4 is 20.9 Å². The summed E-state index contributed by atoms with van der Waals surface area (Å²) >= 11 is 0. The third-order valence-electron chi connectivity index (χ3n) is 7.05. The van der Waals surface area contributed by atoms with Gasteiger partial charge in [0.25, 0.3) is 0 Å². The summed E-state index contributed by atoms with van der Waals surface area (Å²) in [6.07, 6.45) is 21.8. The van der Waals surface area contributed by atoms with Gasteiger partial charge in [0.05, 0.1) is 4.90 Å². The summed E-state index contributed by atoms with van der Waals surface area (Å²) in [6, 6.07) is 9.47. The van der Waals surface area contributed by atoms with E-state index in [2.05, 4.69) is 26.0 Å². The van der Waals surface area contributed by atoms with Crippen LogP contribution in [-0.2, 0) is 23.0 Å². The van der Waals surface area contributed by atoms with E-state index in [0.717, 1.165) is 43.1 Å². The molecule has 0 aliphatic rings. The number of rotatable bonds is 19. The van der Waals surface area contributed by atoms with Crippen LogP contribution in [0, 0.1) is 0 Å². The molecule has 0 spiro atoms. The zero-order valence-corrected chi connectivity index (χ0v) is 25.6. The third-order valence-corrected chi connectivity index (χ3v) is 7.93. The van der Waals surface area contributed by atoms with Crippen LogP contribution >= 0.6 is 0 Å². The summed E-state index contributed by atoms with van der Waals surface area (Å²) in [4.78, 5) is -0.0441. The maximum Gasteiger partial charge on any atom is 1.00 e. The molecule has 2 rings (SSSR count). The first-order chi connectivity index (χ1) is 16.5. The first kappa shape index (κ1) is 32.6. The molecule has 0 atom stereocenters. The van der Waals surface area contributed by atoms with Crippen LogP contribution in [0.3, 0.4) is 0 Å². The number of hydrogen-bond donors (Lipinski definition) is 0. The molecule has 0 amide bonds. The molecule has 5 heteroatoms. The smallest absolute Gasteiger partial charge is 0.744 e. The molecule has 2 aromatic carbocycles. The number of aryl methyl sites for hydroxylation is 2. The number of fused-ring (bicyclic) bond motifs is 1. The molecule has 0 bridgehead atoms. The van der Waals surface area contributed by atoms with Crippen LogP contribution in [0.4, 0.5) is 0 Å². The van der Waals surface area contributed by atoms with Crippen LogP contribution in [0.15, 0.2) is 35.2 Å². The molecule has 0 heterocycles. The van der Waals surface area contributed by atoms with Crippen molar-refractivity contribution in [3.63, 3.8) is 0 Å². The maximum absolute atomic E-state index is 12.1. The van der Waals surface area contributed by atoms with E-state index in [1.807, 2.05) is 6.07 Å². The Kier molecular flexibility index (Phi) is 17.5. The van der Waals surface area contributed by atoms with E-state index in [1.54, 1.807) is 6.07 Å². The maximum atomic E-state index is 12.1. The van der Waals surface area contributed by atoms with Gasteiger partial charge < -0.3 is 4.55 Å². The van der Waals surface area contributed by atoms with E-state index in [1.165, 1.54) is 95.1 Å². The van der Waals surface area contributed by atoms with E-state index in [4.69, 9.17) is 0 Å². The minimum absolute atomic E-state index is 0. The van der Waals surface area contributed by atoms with Gasteiger partial charge in [-0.1, -0.05) is 128 Å². The van der Waals surface area contributed by atoms with Crippen molar-refractivity contribution in [3.8, 4) is 0 Å². The monoisotopic (exact) mass is 510 g/mol. The summed E-state index contributed by atoms with van der Waals surface area (Å²) in [7, 11) is -4.51. The molecule has 0 aliphatic carbocycles. The van der Waals surface area contributed by atoms with Crippen molar-refractivity contribution in [2.75, 3.05) is 0 Å². The van der Waals surface area contributed by atoms with Gasteiger partial charge in [-0.05, 0) is 48.3 Å². The molecule has 0 fully saturated rings. The number of hydrogen-bond acceptors (Lipinski definition) is 3. The van der Waals surface area contributed by atoms with Crippen molar-refractivity contribution in [1.29, 1.82) is 0 Å². The Bertz CT molecular complexity index is 940. The van der Waals surface area contributed by atoms with Gasteiger partial charge in [0.1, 0.15) is 10.1 Å². The van der Waals surface area contributed by atoms with E-state index in [-0.39, 0.29) is 34.5 Å². The van der Waals surface area contributed by atoms with Crippen molar-refractivity contribution in [1.82, 2.24) is 0 Å². The molecule has 2 aromatic rings. The van der Waals surface area contributed by atoms with Crippen LogP contribution < -0.4 is 29.6 Å². The molecule has 0 aliphatic heterocycles. The molecule has 35 heavy (non-hydrogen) atoms. The summed E-state index contributed by atoms with van der Waals surface area (Å²) in [6.45, 7) is 4.48. The Morgan fingerprint density at radius 1 is 0.600 bits per heavy atom. The number of unbranched alkanes of at least 4 members (excludes halogenated alkanes) is 14. The molecule has 0 aromatic heterocycles. The normalized spacial score (nSPS) is 11.6. The van der Waals surface area contributed by atoms with Crippen LogP contribution in [-0.4, -0.2) is 13.0 Å². The third kappa shape index (κ3) is 12.1. The van der Waals surface area contributed by atoms with Crippen LogP contribution in [0.25, 0.3) is 10.8 Å². The Morgan fingerprint density at radius 2 is 1.03 bits per heavy atom. The average molecular weight is 511 g/mol. The standard InChI is InChI=1S/C30H48O3S.Na/c1-3-5-7-9-11-13-15-17-20-26-24-25-27(21-18-16-14-12-10-8-6-4-2)30-28(26)22-19-23-29(30)34(31,32)33;/h19,22-25H,3-18,20-21H2,1-2H3,(H,31,32,33);/q;+1/p-1. The summed E-state index contributed by atoms with van der Waals surface area (Å²) in [5.74, 6) is 0. The van der Waals surface area contributed by atoms with Crippen molar-refractivity contribution in [2.24, 2.45) is 0 Å². The van der Waals surface area contributed by atoms with E-state index >= 15 is 0 Å². The fourth-order valence-electron chi connectivity index (χ4n) is 5.04. The molecule has 0 N–H and O–H groups in total. The number of benzene rings is 2. The van der Waals surface area contributed by atoms with E-state index in [9.17, 15) is 13.0 Å². The zero-order valence-electron chi connectivity index (χ0n) is 22.7. The van der Waals surface area contributed by atoms with Gasteiger partial charge in [-0.25, -0.2) is 8.42 Å². The zero-order chi connectivity index (χ0) is 24.7. The second-order valence-electron chi connectivity index (χ2n) is 9.97. The van der Waals surface area contributed by atoms with Crippen LogP contribution in [0.5, 0.6) is 0 Å². The SMILES string of the molecule is CCCCCCCCCCc1ccc(CCCCCCCCCC)c2c(S(=O)(=O)[O-])cccc12.[Na+]. The minimum atomic E-state index is -4.51. The van der Waals surface area contributed by atoms with Gasteiger partial charge in [-0.15, -0.1) is 0 Å². The Hall–Kier alpha value is -0.390. The molecular weight excluding hydrogens is 463 g/mol. The summed E-state index contributed by atoms with van der Waals surface area (Å²) in [5.41, 5.74) is 2.18. The van der Waals surface area contributed by atoms with Gasteiger partial charge >= 0.3 is 29.6 Å². The van der Waals surface area contributed by atoms with Crippen molar-refractivity contribution < 1.29 is 42.5 Å². The molecule has 3 nitrogen and oxygen atoms in total. The first-order valence-corrected chi connectivity index (χ1v) is 15.4. The molecule has 0 unspecified atom stereocenters. The van der Waals surface area contributed by atoms with Gasteiger partial charge in [0.15, 0.2) is 0 Å². The molecule has 0 saturated heterocycles. The van der Waals surface area contributed by atoms with Gasteiger partial charge in [0.2, 0.25) is 0 Å². The molecule has 0 radical (unpaired) electrons. The van der Waals surface area contributed by atoms with Crippen LogP contribution in [0.2, 0.25) is 0 Å². The van der Waals surface area contributed by atoms with Crippen molar-refractivity contribution in [2.45, 2.75) is 134 Å². The fraction of sp³-hybridized carbons (Fsp3) is 0.667. The quantitative estimate of drug-likeness (QED) is 0.130. The first-order valence-electron chi connectivity index (χ1n) is 14.0. The second kappa shape index (κ2) is 18.8. The van der Waals surface area contributed by atoms with Crippen molar-refractivity contribution in [3.05, 3.63) is 41.5 Å². The predicted octanol–water partition coefficient (Wildman–Crippen LogP) is 6.11. The Labute approximate surface area is 237 Å². The Morgan fingerprint density at radius 3 is 1.51 bits per heavy atom. The average Bonchev–Trinajstić information content (AvgIpc) is 2.82. The molecule has 192 valence electrons. The van der Waals surface area contributed by atoms with Gasteiger partial charge in [-0.3, -0.25) is 0 Å². The second-order valence-corrected chi connectivity index (χ2v) is 11.3. The Balaban J connectivity index is 0.00000612. The van der Waals surface area contributed by atoms with Crippen LogP contribution in [0.1, 0.15) is 128 Å². The summed E-state index contributed by atoms with van der Waals surface area (Å²) in [5, 5.41) is 1.63. The summed E-state index contributed by atoms with van der Waals surface area (Å²) < 4.78 is 36.2. The van der Waals surface area contributed by atoms with Gasteiger partial charge in [-0.2, -0.15) is 0 Å². The van der Waals surface area contributed by atoms with Gasteiger partial charge in [0, 0.05) is 5.39 Å². The predicted molar refractivity (Wildman–Crippen MR) is 145 cm³/mol. The fourth-order valence-corrected chi connectivity index (χ4v) is 5.77. The molecular formula is C30H47NaO3S. The topological polar surface area (TPSA) is 57.2 Å². The van der Waals surface area contributed by atoms with E-state index < -0.39 is 10.1 Å². The largest absolute Gasteiger partial charge is 1.00 e.